The average Bonchev–Trinajstić information content (AvgIpc) is 2.86. The van der Waals surface area contributed by atoms with Gasteiger partial charge in [0, 0.05) is 12.0 Å². The normalized spacial score (nSPS) is 23.2. The number of benzene rings is 1. The van der Waals surface area contributed by atoms with Crippen molar-refractivity contribution in [3.05, 3.63) is 23.3 Å². The van der Waals surface area contributed by atoms with Gasteiger partial charge < -0.3 is 14.6 Å². The largest absolute Gasteiger partial charge is 0.493 e. The quantitative estimate of drug-likeness (QED) is 0.928. The lowest BCUT2D eigenvalue weighted by Crippen LogP contribution is -2.37. The number of aliphatic carboxylic acids is 1. The monoisotopic (exact) mass is 290 g/mol. The Morgan fingerprint density at radius 1 is 1.33 bits per heavy atom. The Balaban J connectivity index is 2.09. The van der Waals surface area contributed by atoms with E-state index in [0.717, 1.165) is 42.6 Å². The van der Waals surface area contributed by atoms with Crippen LogP contribution in [0.25, 0.3) is 0 Å². The summed E-state index contributed by atoms with van der Waals surface area (Å²) in [6.45, 7) is 2.02. The number of carboxylic acid groups (broad SMARTS) is 1. The summed E-state index contributed by atoms with van der Waals surface area (Å²) in [5.74, 6) is 0.735. The molecule has 0 amide bonds. The number of hydrogen-bond donors (Lipinski definition) is 1. The highest BCUT2D eigenvalue weighted by Gasteiger charge is 2.42. The molecule has 1 aliphatic heterocycles. The highest BCUT2D eigenvalue weighted by Crippen LogP contribution is 2.46. The molecule has 4 heteroatoms. The van der Waals surface area contributed by atoms with Gasteiger partial charge in [-0.25, -0.2) is 0 Å². The summed E-state index contributed by atoms with van der Waals surface area (Å²) < 4.78 is 11.2. The standard InChI is InChI=1S/C17H22O4/c1-11-8-12-9-13(10-14(20-2)15(12)21-11)17(16(18)19)6-4-3-5-7-17/h9-11H,3-8H2,1-2H3,(H,18,19). The van der Waals surface area contributed by atoms with Crippen molar-refractivity contribution in [2.24, 2.45) is 0 Å². The topological polar surface area (TPSA) is 55.8 Å². The number of carboxylic acids is 1. The molecule has 4 nitrogen and oxygen atoms in total. The van der Waals surface area contributed by atoms with Crippen LogP contribution in [0, 0.1) is 0 Å². The molecule has 1 N–H and O–H groups in total. The van der Waals surface area contributed by atoms with Crippen molar-refractivity contribution in [3.63, 3.8) is 0 Å². The Labute approximate surface area is 125 Å². The lowest BCUT2D eigenvalue weighted by atomic mass is 9.69. The van der Waals surface area contributed by atoms with Crippen molar-refractivity contribution in [3.8, 4) is 11.5 Å². The highest BCUT2D eigenvalue weighted by molar-refractivity contribution is 5.82. The molecule has 0 saturated heterocycles. The molecule has 2 aliphatic rings. The molecular formula is C17H22O4. The molecule has 1 fully saturated rings. The minimum atomic E-state index is -0.758. The van der Waals surface area contributed by atoms with Gasteiger partial charge in [-0.05, 0) is 31.4 Å². The van der Waals surface area contributed by atoms with E-state index in [0.29, 0.717) is 18.6 Å². The molecule has 114 valence electrons. The smallest absolute Gasteiger partial charge is 0.314 e. The fourth-order valence-electron chi connectivity index (χ4n) is 3.71. The summed E-state index contributed by atoms with van der Waals surface area (Å²) in [6, 6.07) is 3.90. The summed E-state index contributed by atoms with van der Waals surface area (Å²) in [5, 5.41) is 9.83. The maximum absolute atomic E-state index is 12.0. The molecule has 1 aromatic rings. The molecule has 0 spiro atoms. The number of carbonyl (C=O) groups is 1. The minimum Gasteiger partial charge on any atom is -0.493 e. The van der Waals surface area contributed by atoms with Gasteiger partial charge in [-0.3, -0.25) is 4.79 Å². The maximum atomic E-state index is 12.0. The van der Waals surface area contributed by atoms with Gasteiger partial charge in [0.05, 0.1) is 12.5 Å². The average molecular weight is 290 g/mol. The van der Waals surface area contributed by atoms with Crippen molar-refractivity contribution in [2.45, 2.75) is 57.0 Å². The van der Waals surface area contributed by atoms with Crippen LogP contribution in [-0.4, -0.2) is 24.3 Å². The number of ether oxygens (including phenoxy) is 2. The van der Waals surface area contributed by atoms with E-state index in [-0.39, 0.29) is 6.10 Å². The van der Waals surface area contributed by atoms with E-state index < -0.39 is 11.4 Å². The first-order valence-corrected chi connectivity index (χ1v) is 7.68. The van der Waals surface area contributed by atoms with Gasteiger partial charge >= 0.3 is 5.97 Å². The summed E-state index contributed by atoms with van der Waals surface area (Å²) in [7, 11) is 1.61. The fourth-order valence-corrected chi connectivity index (χ4v) is 3.71. The van der Waals surface area contributed by atoms with E-state index in [1.807, 2.05) is 19.1 Å². The summed E-state index contributed by atoms with van der Waals surface area (Å²) in [6.07, 6.45) is 5.42. The zero-order valence-corrected chi connectivity index (χ0v) is 12.6. The molecule has 1 atom stereocenters. The van der Waals surface area contributed by atoms with E-state index >= 15 is 0 Å². The van der Waals surface area contributed by atoms with Crippen LogP contribution < -0.4 is 9.47 Å². The van der Waals surface area contributed by atoms with Crippen LogP contribution in [0.4, 0.5) is 0 Å². The number of hydrogen-bond acceptors (Lipinski definition) is 3. The second-order valence-corrected chi connectivity index (χ2v) is 6.25. The van der Waals surface area contributed by atoms with Gasteiger partial charge in [0.15, 0.2) is 11.5 Å². The summed E-state index contributed by atoms with van der Waals surface area (Å²) in [4.78, 5) is 12.0. The molecule has 1 saturated carbocycles. The number of fused-ring (bicyclic) bond motifs is 1. The first-order valence-electron chi connectivity index (χ1n) is 7.68. The Morgan fingerprint density at radius 2 is 2.05 bits per heavy atom. The first-order chi connectivity index (χ1) is 10.1. The Hall–Kier alpha value is -1.71. The summed E-state index contributed by atoms with van der Waals surface area (Å²) in [5.41, 5.74) is 1.19. The van der Waals surface area contributed by atoms with Gasteiger partial charge in [0.1, 0.15) is 6.10 Å². The Kier molecular flexibility index (Phi) is 3.56. The minimum absolute atomic E-state index is 0.122. The van der Waals surface area contributed by atoms with Crippen LogP contribution in [0.2, 0.25) is 0 Å². The molecule has 0 radical (unpaired) electrons. The van der Waals surface area contributed by atoms with E-state index in [4.69, 9.17) is 9.47 Å². The lowest BCUT2D eigenvalue weighted by Gasteiger charge is -2.34. The zero-order valence-electron chi connectivity index (χ0n) is 12.6. The number of methoxy groups -OCH3 is 1. The highest BCUT2D eigenvalue weighted by atomic mass is 16.5. The third-order valence-electron chi connectivity index (χ3n) is 4.85. The van der Waals surface area contributed by atoms with Crippen LogP contribution >= 0.6 is 0 Å². The van der Waals surface area contributed by atoms with Crippen molar-refractivity contribution in [1.82, 2.24) is 0 Å². The molecule has 21 heavy (non-hydrogen) atoms. The predicted molar refractivity (Wildman–Crippen MR) is 79.2 cm³/mol. The SMILES string of the molecule is COc1cc(C2(C(=O)O)CCCCC2)cc2c1OC(C)C2. The Bertz CT molecular complexity index is 558. The molecule has 0 bridgehead atoms. The molecule has 3 rings (SSSR count). The van der Waals surface area contributed by atoms with Gasteiger partial charge in [0.2, 0.25) is 0 Å². The molecule has 1 aliphatic carbocycles. The molecular weight excluding hydrogens is 268 g/mol. The van der Waals surface area contributed by atoms with Crippen LogP contribution in [0.3, 0.4) is 0 Å². The van der Waals surface area contributed by atoms with Gasteiger partial charge in [-0.1, -0.05) is 25.3 Å². The van der Waals surface area contributed by atoms with Crippen molar-refractivity contribution in [2.75, 3.05) is 7.11 Å². The third-order valence-corrected chi connectivity index (χ3v) is 4.85. The molecule has 1 aromatic carbocycles. The summed E-state index contributed by atoms with van der Waals surface area (Å²) >= 11 is 0. The second kappa shape index (κ2) is 5.24. The fraction of sp³-hybridized carbons (Fsp3) is 0.588. The molecule has 1 unspecified atom stereocenters. The molecule has 1 heterocycles. The first kappa shape index (κ1) is 14.2. The number of rotatable bonds is 3. The van der Waals surface area contributed by atoms with Crippen LogP contribution in [0.15, 0.2) is 12.1 Å². The van der Waals surface area contributed by atoms with Crippen LogP contribution in [-0.2, 0) is 16.6 Å². The predicted octanol–water partition coefficient (Wildman–Crippen LogP) is 3.31. The Morgan fingerprint density at radius 3 is 2.67 bits per heavy atom. The van der Waals surface area contributed by atoms with E-state index in [9.17, 15) is 9.90 Å². The van der Waals surface area contributed by atoms with Crippen molar-refractivity contribution < 1.29 is 19.4 Å². The van der Waals surface area contributed by atoms with Gasteiger partial charge in [-0.2, -0.15) is 0 Å². The van der Waals surface area contributed by atoms with Crippen LogP contribution in [0.1, 0.15) is 50.2 Å². The van der Waals surface area contributed by atoms with Crippen molar-refractivity contribution >= 4 is 5.97 Å². The van der Waals surface area contributed by atoms with E-state index in [2.05, 4.69) is 0 Å². The van der Waals surface area contributed by atoms with Gasteiger partial charge in [0.25, 0.3) is 0 Å². The third kappa shape index (κ3) is 2.27. The van der Waals surface area contributed by atoms with Gasteiger partial charge in [-0.15, -0.1) is 0 Å². The maximum Gasteiger partial charge on any atom is 0.314 e. The second-order valence-electron chi connectivity index (χ2n) is 6.25. The van der Waals surface area contributed by atoms with E-state index in [1.165, 1.54) is 0 Å². The van der Waals surface area contributed by atoms with E-state index in [1.54, 1.807) is 7.11 Å². The van der Waals surface area contributed by atoms with Crippen LogP contribution in [0.5, 0.6) is 11.5 Å². The lowest BCUT2D eigenvalue weighted by molar-refractivity contribution is -0.145. The van der Waals surface area contributed by atoms with Crippen molar-refractivity contribution in [1.29, 1.82) is 0 Å². The zero-order chi connectivity index (χ0) is 15.0. The molecule has 0 aromatic heterocycles.